The Bertz CT molecular complexity index is 2010. The minimum atomic E-state index is -0.348. The maximum absolute atomic E-state index is 13.6. The molecule has 6 aromatic rings. The number of rotatable bonds is 8. The maximum atomic E-state index is 13.6. The van der Waals surface area contributed by atoms with Crippen LogP contribution in [0.5, 0.6) is 11.5 Å². The van der Waals surface area contributed by atoms with E-state index < -0.39 is 0 Å². The standard InChI is InChI=1S/C33H25Cl2N3O4/c1-3-40-29-15-22(14-26(35)31(29)41-19-21-10-8-20(2)9-11-21)18-36-38-32(37-27-7-5-4-6-25(27)33(38)39)30-17-23-16-24(34)12-13-28(23)42-30/h4-18H,3,19H2,1-2H3. The summed E-state index contributed by atoms with van der Waals surface area (Å²) in [6, 6.07) is 25.7. The SMILES string of the molecule is CCOc1cc(C=Nn2c(-c3cc4cc(Cl)ccc4o3)nc3ccccc3c2=O)cc(Cl)c1OCc1ccc(C)cc1. The quantitative estimate of drug-likeness (QED) is 0.165. The van der Waals surface area contributed by atoms with Crippen LogP contribution in [0.25, 0.3) is 33.5 Å². The van der Waals surface area contributed by atoms with Gasteiger partial charge in [-0.15, -0.1) is 0 Å². The number of aryl methyl sites for hydroxylation is 1. The second-order valence-corrected chi connectivity index (χ2v) is 10.5. The molecule has 0 radical (unpaired) electrons. The van der Waals surface area contributed by atoms with Crippen LogP contribution in [0.3, 0.4) is 0 Å². The molecule has 2 heterocycles. The second kappa shape index (κ2) is 11.7. The molecular formula is C33H25Cl2N3O4. The summed E-state index contributed by atoms with van der Waals surface area (Å²) in [6.45, 7) is 4.65. The van der Waals surface area contributed by atoms with Gasteiger partial charge >= 0.3 is 0 Å². The van der Waals surface area contributed by atoms with E-state index in [-0.39, 0.29) is 11.4 Å². The van der Waals surface area contributed by atoms with Crippen LogP contribution in [0, 0.1) is 6.92 Å². The van der Waals surface area contributed by atoms with E-state index in [0.29, 0.717) is 62.6 Å². The fraction of sp³-hybridized carbons (Fsp3) is 0.121. The fourth-order valence-electron chi connectivity index (χ4n) is 4.54. The van der Waals surface area contributed by atoms with Crippen molar-refractivity contribution in [3.05, 3.63) is 122 Å². The van der Waals surface area contributed by atoms with Gasteiger partial charge in [0.2, 0.25) is 5.82 Å². The van der Waals surface area contributed by atoms with Crippen LogP contribution in [-0.2, 0) is 6.61 Å². The number of hydrogen-bond donors (Lipinski definition) is 0. The number of aromatic nitrogens is 2. The van der Waals surface area contributed by atoms with E-state index in [1.165, 1.54) is 16.5 Å². The lowest BCUT2D eigenvalue weighted by Crippen LogP contribution is -2.20. The molecule has 0 saturated carbocycles. The Morgan fingerprint density at radius 2 is 1.79 bits per heavy atom. The average Bonchev–Trinajstić information content (AvgIpc) is 3.40. The van der Waals surface area contributed by atoms with Crippen molar-refractivity contribution >= 4 is 51.3 Å². The number of para-hydroxylation sites is 1. The van der Waals surface area contributed by atoms with Gasteiger partial charge < -0.3 is 13.9 Å². The Balaban J connectivity index is 1.40. The highest BCUT2D eigenvalue weighted by Gasteiger charge is 2.17. The zero-order valence-corrected chi connectivity index (χ0v) is 24.3. The van der Waals surface area contributed by atoms with Gasteiger partial charge in [-0.05, 0) is 73.5 Å². The normalized spacial score (nSPS) is 11.5. The zero-order chi connectivity index (χ0) is 29.2. The molecule has 0 N–H and O–H groups in total. The maximum Gasteiger partial charge on any atom is 0.282 e. The third-order valence-electron chi connectivity index (χ3n) is 6.61. The number of ether oxygens (including phenoxy) is 2. The molecule has 6 rings (SSSR count). The Morgan fingerprint density at radius 1 is 0.976 bits per heavy atom. The van der Waals surface area contributed by atoms with Crippen LogP contribution in [0.1, 0.15) is 23.6 Å². The lowest BCUT2D eigenvalue weighted by Gasteiger charge is -2.14. The molecule has 0 unspecified atom stereocenters. The predicted octanol–water partition coefficient (Wildman–Crippen LogP) is 8.28. The number of nitrogens with zero attached hydrogens (tertiary/aromatic N) is 3. The summed E-state index contributed by atoms with van der Waals surface area (Å²) < 4.78 is 19.2. The van der Waals surface area contributed by atoms with E-state index in [2.05, 4.69) is 5.10 Å². The summed E-state index contributed by atoms with van der Waals surface area (Å²) >= 11 is 12.8. The van der Waals surface area contributed by atoms with Gasteiger partial charge in [-0.1, -0.05) is 65.2 Å². The van der Waals surface area contributed by atoms with Crippen molar-refractivity contribution in [1.29, 1.82) is 0 Å². The van der Waals surface area contributed by atoms with Crippen LogP contribution in [0.4, 0.5) is 0 Å². The third kappa shape index (κ3) is 5.62. The topological polar surface area (TPSA) is 78.9 Å². The van der Waals surface area contributed by atoms with Crippen LogP contribution in [0.15, 0.2) is 99.2 Å². The minimum Gasteiger partial charge on any atom is -0.490 e. The van der Waals surface area contributed by atoms with Gasteiger partial charge in [-0.3, -0.25) is 4.79 Å². The smallest absolute Gasteiger partial charge is 0.282 e. The monoisotopic (exact) mass is 597 g/mol. The number of hydrogen-bond acceptors (Lipinski definition) is 6. The van der Waals surface area contributed by atoms with Gasteiger partial charge in [0.25, 0.3) is 5.56 Å². The van der Waals surface area contributed by atoms with Gasteiger partial charge in [-0.25, -0.2) is 4.98 Å². The first-order valence-electron chi connectivity index (χ1n) is 13.3. The summed E-state index contributed by atoms with van der Waals surface area (Å²) in [7, 11) is 0. The minimum absolute atomic E-state index is 0.247. The molecule has 7 nitrogen and oxygen atoms in total. The largest absolute Gasteiger partial charge is 0.490 e. The molecule has 9 heteroatoms. The highest BCUT2D eigenvalue weighted by atomic mass is 35.5. The summed E-state index contributed by atoms with van der Waals surface area (Å²) in [6.07, 6.45) is 1.53. The molecule has 0 aliphatic rings. The Kier molecular flexibility index (Phi) is 7.69. The van der Waals surface area contributed by atoms with E-state index in [9.17, 15) is 4.79 Å². The molecule has 0 bridgehead atoms. The van der Waals surface area contributed by atoms with Crippen LogP contribution < -0.4 is 15.0 Å². The Hall–Kier alpha value is -4.59. The lowest BCUT2D eigenvalue weighted by molar-refractivity contribution is 0.269. The van der Waals surface area contributed by atoms with E-state index in [4.69, 9.17) is 42.1 Å². The molecule has 0 atom stereocenters. The van der Waals surface area contributed by atoms with Crippen molar-refractivity contribution in [2.24, 2.45) is 5.10 Å². The first-order chi connectivity index (χ1) is 20.4. The van der Waals surface area contributed by atoms with E-state index in [1.807, 2.05) is 44.2 Å². The van der Waals surface area contributed by atoms with Gasteiger partial charge in [0, 0.05) is 10.4 Å². The predicted molar refractivity (Wildman–Crippen MR) is 167 cm³/mol. The molecule has 2 aromatic heterocycles. The summed E-state index contributed by atoms with van der Waals surface area (Å²) in [4.78, 5) is 18.3. The van der Waals surface area contributed by atoms with Gasteiger partial charge in [0.15, 0.2) is 17.3 Å². The number of benzene rings is 4. The molecular weight excluding hydrogens is 573 g/mol. The molecule has 42 heavy (non-hydrogen) atoms. The van der Waals surface area contributed by atoms with Crippen molar-refractivity contribution < 1.29 is 13.9 Å². The molecule has 0 aliphatic carbocycles. The summed E-state index contributed by atoms with van der Waals surface area (Å²) in [5.74, 6) is 1.52. The van der Waals surface area contributed by atoms with Gasteiger partial charge in [0.1, 0.15) is 12.2 Å². The molecule has 0 fully saturated rings. The van der Waals surface area contributed by atoms with Crippen molar-refractivity contribution in [3.63, 3.8) is 0 Å². The lowest BCUT2D eigenvalue weighted by atomic mass is 10.1. The van der Waals surface area contributed by atoms with Gasteiger partial charge in [-0.2, -0.15) is 9.78 Å². The summed E-state index contributed by atoms with van der Waals surface area (Å²) in [5.41, 5.74) is 3.58. The Morgan fingerprint density at radius 3 is 2.60 bits per heavy atom. The average molecular weight is 598 g/mol. The molecule has 0 aliphatic heterocycles. The van der Waals surface area contributed by atoms with Crippen molar-refractivity contribution in [2.45, 2.75) is 20.5 Å². The van der Waals surface area contributed by atoms with Gasteiger partial charge in [0.05, 0.1) is 28.7 Å². The first-order valence-corrected chi connectivity index (χ1v) is 14.1. The zero-order valence-electron chi connectivity index (χ0n) is 22.8. The molecule has 4 aromatic carbocycles. The number of halogens is 2. The van der Waals surface area contributed by atoms with Crippen LogP contribution >= 0.6 is 23.2 Å². The van der Waals surface area contributed by atoms with Crippen molar-refractivity contribution in [3.8, 4) is 23.1 Å². The van der Waals surface area contributed by atoms with E-state index >= 15 is 0 Å². The summed E-state index contributed by atoms with van der Waals surface area (Å²) in [5, 5.41) is 6.67. The molecule has 0 saturated heterocycles. The van der Waals surface area contributed by atoms with Crippen LogP contribution in [0.2, 0.25) is 10.0 Å². The Labute approximate surface area is 251 Å². The number of fused-ring (bicyclic) bond motifs is 2. The van der Waals surface area contributed by atoms with Crippen molar-refractivity contribution in [2.75, 3.05) is 6.61 Å². The third-order valence-corrected chi connectivity index (χ3v) is 7.13. The second-order valence-electron chi connectivity index (χ2n) is 9.64. The fourth-order valence-corrected chi connectivity index (χ4v) is 5.00. The van der Waals surface area contributed by atoms with E-state index in [0.717, 1.165) is 10.9 Å². The first kappa shape index (κ1) is 27.6. The number of furan rings is 1. The van der Waals surface area contributed by atoms with E-state index in [1.54, 1.807) is 54.6 Å². The van der Waals surface area contributed by atoms with Crippen LogP contribution in [-0.4, -0.2) is 22.5 Å². The molecule has 0 spiro atoms. The molecule has 0 amide bonds. The highest BCUT2D eigenvalue weighted by molar-refractivity contribution is 6.32. The molecule has 210 valence electrons. The van der Waals surface area contributed by atoms with Crippen molar-refractivity contribution in [1.82, 2.24) is 9.66 Å². The highest BCUT2D eigenvalue weighted by Crippen LogP contribution is 2.37.